The fourth-order valence-corrected chi connectivity index (χ4v) is 1.62. The quantitative estimate of drug-likeness (QED) is 0.621. The van der Waals surface area contributed by atoms with Crippen molar-refractivity contribution in [3.8, 4) is 0 Å². The number of halogens is 1. The minimum atomic E-state index is -1.24. The van der Waals surface area contributed by atoms with Gasteiger partial charge in [0.25, 0.3) is 0 Å². The Balaban J connectivity index is 2.79. The minimum absolute atomic E-state index is 0.336. The predicted octanol–water partition coefficient (Wildman–Crippen LogP) is 2.73. The fourth-order valence-electron chi connectivity index (χ4n) is 0.749. The maximum Gasteiger partial charge on any atom is 0.144 e. The van der Waals surface area contributed by atoms with E-state index in [0.717, 1.165) is 4.47 Å². The largest absolute Gasteiger partial charge is 0.591 e. The van der Waals surface area contributed by atoms with Gasteiger partial charge in [0.1, 0.15) is 22.3 Å². The number of hydrogen-bond acceptors (Lipinski definition) is 3. The van der Waals surface area contributed by atoms with Crippen LogP contribution >= 0.6 is 15.9 Å². The van der Waals surface area contributed by atoms with Gasteiger partial charge in [-0.3, -0.25) is 4.98 Å². The molecular formula is C10H13BrN2OS. The van der Waals surface area contributed by atoms with Crippen molar-refractivity contribution >= 4 is 33.5 Å². The number of aromatic nitrogens is 1. The van der Waals surface area contributed by atoms with E-state index in [1.54, 1.807) is 6.20 Å². The normalized spacial score (nSPS) is 14.5. The molecule has 82 valence electrons. The third-order valence-electron chi connectivity index (χ3n) is 1.58. The number of hydrogen-bond donors (Lipinski definition) is 0. The van der Waals surface area contributed by atoms with Gasteiger partial charge >= 0.3 is 0 Å². The van der Waals surface area contributed by atoms with Crippen molar-refractivity contribution in [2.24, 2.45) is 4.40 Å². The highest BCUT2D eigenvalue weighted by Gasteiger charge is 2.25. The summed E-state index contributed by atoms with van der Waals surface area (Å²) in [7, 11) is 0. The maximum absolute atomic E-state index is 11.6. The van der Waals surface area contributed by atoms with E-state index in [1.165, 1.54) is 6.21 Å². The van der Waals surface area contributed by atoms with Gasteiger partial charge in [-0.25, -0.2) is 0 Å². The zero-order valence-electron chi connectivity index (χ0n) is 8.90. The molecule has 5 heteroatoms. The Hall–Kier alpha value is -0.390. The van der Waals surface area contributed by atoms with Gasteiger partial charge in [-0.1, -0.05) is 4.40 Å². The highest BCUT2D eigenvalue weighted by Crippen LogP contribution is 2.17. The van der Waals surface area contributed by atoms with E-state index in [4.69, 9.17) is 0 Å². The standard InChI is InChI=1S/C10H13BrN2OS/c1-10(2,3)15(14)13-7-9-8(11)5-4-6-12-9/h4-7H,1-3H3/b13-7+/t15-/m1/s1. The van der Waals surface area contributed by atoms with Crippen molar-refractivity contribution in [2.75, 3.05) is 0 Å². The first-order chi connectivity index (χ1) is 6.91. The van der Waals surface area contributed by atoms with E-state index in [-0.39, 0.29) is 4.75 Å². The summed E-state index contributed by atoms with van der Waals surface area (Å²) in [6.45, 7) is 5.65. The van der Waals surface area contributed by atoms with Gasteiger partial charge in [0, 0.05) is 10.7 Å². The minimum Gasteiger partial charge on any atom is -0.591 e. The molecule has 0 unspecified atom stereocenters. The molecule has 0 aromatic carbocycles. The Bertz CT molecular complexity index is 363. The van der Waals surface area contributed by atoms with Crippen LogP contribution in [0.2, 0.25) is 0 Å². The molecule has 0 aliphatic carbocycles. The molecular weight excluding hydrogens is 276 g/mol. The van der Waals surface area contributed by atoms with E-state index in [0.29, 0.717) is 5.69 Å². The molecule has 1 aromatic heterocycles. The highest BCUT2D eigenvalue weighted by molar-refractivity contribution is 9.10. The molecule has 0 aliphatic rings. The van der Waals surface area contributed by atoms with Crippen LogP contribution in [0.5, 0.6) is 0 Å². The van der Waals surface area contributed by atoms with Gasteiger partial charge in [0.15, 0.2) is 0 Å². The Morgan fingerprint density at radius 3 is 2.73 bits per heavy atom. The van der Waals surface area contributed by atoms with Crippen LogP contribution in [0.4, 0.5) is 0 Å². The van der Waals surface area contributed by atoms with Crippen LogP contribution in [-0.4, -0.2) is 20.5 Å². The monoisotopic (exact) mass is 288 g/mol. The van der Waals surface area contributed by atoms with Gasteiger partial charge in [0.2, 0.25) is 0 Å². The van der Waals surface area contributed by atoms with Crippen molar-refractivity contribution in [1.29, 1.82) is 0 Å². The van der Waals surface area contributed by atoms with Crippen LogP contribution in [0.25, 0.3) is 0 Å². The molecule has 1 heterocycles. The van der Waals surface area contributed by atoms with Gasteiger partial charge in [-0.2, -0.15) is 0 Å². The molecule has 0 aliphatic heterocycles. The lowest BCUT2D eigenvalue weighted by atomic mass is 10.3. The van der Waals surface area contributed by atoms with Crippen LogP contribution in [0.15, 0.2) is 27.2 Å². The second-order valence-electron chi connectivity index (χ2n) is 3.97. The summed E-state index contributed by atoms with van der Waals surface area (Å²) in [5.41, 5.74) is 0.690. The van der Waals surface area contributed by atoms with E-state index >= 15 is 0 Å². The van der Waals surface area contributed by atoms with Gasteiger partial charge in [0.05, 0.1) is 5.69 Å². The van der Waals surface area contributed by atoms with Crippen molar-refractivity contribution in [1.82, 2.24) is 4.98 Å². The van der Waals surface area contributed by atoms with Crippen LogP contribution in [-0.2, 0) is 11.4 Å². The summed E-state index contributed by atoms with van der Waals surface area (Å²) >= 11 is 2.11. The topological polar surface area (TPSA) is 48.3 Å². The first-order valence-electron chi connectivity index (χ1n) is 4.48. The molecule has 0 saturated heterocycles. The Kier molecular flexibility index (Phi) is 4.31. The van der Waals surface area contributed by atoms with Gasteiger partial charge in [-0.15, -0.1) is 0 Å². The van der Waals surface area contributed by atoms with E-state index < -0.39 is 11.4 Å². The second kappa shape index (κ2) is 5.09. The van der Waals surface area contributed by atoms with E-state index in [2.05, 4.69) is 25.3 Å². The number of nitrogens with zero attached hydrogens (tertiary/aromatic N) is 2. The molecule has 0 radical (unpaired) electrons. The summed E-state index contributed by atoms with van der Waals surface area (Å²) in [6, 6.07) is 3.69. The summed E-state index contributed by atoms with van der Waals surface area (Å²) < 4.78 is 16.1. The summed E-state index contributed by atoms with van der Waals surface area (Å²) in [4.78, 5) is 4.10. The van der Waals surface area contributed by atoms with Crippen LogP contribution in [0.3, 0.4) is 0 Å². The van der Waals surface area contributed by atoms with Crippen LogP contribution in [0, 0.1) is 0 Å². The third kappa shape index (κ3) is 3.93. The Morgan fingerprint density at radius 2 is 2.20 bits per heavy atom. The van der Waals surface area contributed by atoms with Crippen LogP contribution in [0.1, 0.15) is 26.5 Å². The van der Waals surface area contributed by atoms with Crippen molar-refractivity contribution in [3.05, 3.63) is 28.5 Å². The number of rotatable bonds is 2. The Labute approximate surface area is 101 Å². The maximum atomic E-state index is 11.6. The fraction of sp³-hybridized carbons (Fsp3) is 0.400. The summed E-state index contributed by atoms with van der Waals surface area (Å²) in [5.74, 6) is 0. The molecule has 0 saturated carbocycles. The molecule has 3 nitrogen and oxygen atoms in total. The van der Waals surface area contributed by atoms with E-state index in [9.17, 15) is 4.55 Å². The Morgan fingerprint density at radius 1 is 1.53 bits per heavy atom. The molecule has 0 N–H and O–H groups in total. The summed E-state index contributed by atoms with van der Waals surface area (Å²) in [6.07, 6.45) is 3.21. The van der Waals surface area contributed by atoms with Crippen molar-refractivity contribution < 1.29 is 4.55 Å². The molecule has 0 bridgehead atoms. The molecule has 15 heavy (non-hydrogen) atoms. The molecule has 1 rings (SSSR count). The predicted molar refractivity (Wildman–Crippen MR) is 67.4 cm³/mol. The molecule has 0 fully saturated rings. The smallest absolute Gasteiger partial charge is 0.144 e. The van der Waals surface area contributed by atoms with Crippen LogP contribution < -0.4 is 0 Å². The number of pyridine rings is 1. The zero-order chi connectivity index (χ0) is 11.5. The lowest BCUT2D eigenvalue weighted by molar-refractivity contribution is 0.562. The lowest BCUT2D eigenvalue weighted by Crippen LogP contribution is -2.25. The first kappa shape index (κ1) is 12.7. The van der Waals surface area contributed by atoms with Crippen molar-refractivity contribution in [3.63, 3.8) is 0 Å². The third-order valence-corrected chi connectivity index (χ3v) is 3.60. The SMILES string of the molecule is CC(C)(C)[S@@+]([O-])/N=C/c1ncccc1Br. The first-order valence-corrected chi connectivity index (χ1v) is 6.38. The summed E-state index contributed by atoms with van der Waals surface area (Å²) in [5, 5.41) is 0. The van der Waals surface area contributed by atoms with E-state index in [1.807, 2.05) is 32.9 Å². The van der Waals surface area contributed by atoms with Crippen molar-refractivity contribution in [2.45, 2.75) is 25.5 Å². The average Bonchev–Trinajstić information content (AvgIpc) is 2.14. The van der Waals surface area contributed by atoms with Gasteiger partial charge in [-0.05, 0) is 48.8 Å². The molecule has 0 spiro atoms. The van der Waals surface area contributed by atoms with Gasteiger partial charge < -0.3 is 4.55 Å². The lowest BCUT2D eigenvalue weighted by Gasteiger charge is -2.17. The average molecular weight is 289 g/mol. The molecule has 0 amide bonds. The highest BCUT2D eigenvalue weighted by atomic mass is 79.9. The molecule has 1 aromatic rings. The second-order valence-corrected chi connectivity index (χ2v) is 6.75. The molecule has 1 atom stereocenters. The zero-order valence-corrected chi connectivity index (χ0v) is 11.3.